The molecule has 0 aliphatic heterocycles. The number of aliphatic hydroxyl groups excluding tert-OH is 2. The molecule has 0 aliphatic rings. The summed E-state index contributed by atoms with van der Waals surface area (Å²) in [5.41, 5.74) is -0.108. The van der Waals surface area contributed by atoms with E-state index in [-0.39, 0.29) is 13.2 Å². The first-order valence-electron chi connectivity index (χ1n) is 5.80. The van der Waals surface area contributed by atoms with Crippen molar-refractivity contribution in [3.8, 4) is 0 Å². The van der Waals surface area contributed by atoms with Gasteiger partial charge in [-0.1, -0.05) is 0 Å². The van der Waals surface area contributed by atoms with E-state index in [1.165, 1.54) is 11.8 Å². The van der Waals surface area contributed by atoms with Gasteiger partial charge in [0, 0.05) is 0 Å². The molecule has 0 spiro atoms. The van der Waals surface area contributed by atoms with Crippen LogP contribution in [0.5, 0.6) is 0 Å². The van der Waals surface area contributed by atoms with Crippen LogP contribution >= 0.6 is 11.8 Å². The smallest absolute Gasteiger partial charge is 0.256 e. The number of carbonyl (C=O) groups is 1. The largest absolute Gasteiger partial charge is 0.394 e. The number of hydrogen-bond donors (Lipinski definition) is 3. The van der Waals surface area contributed by atoms with E-state index in [1.807, 2.05) is 6.26 Å². The Bertz CT molecular complexity index is 476. The topological polar surface area (TPSA) is 95.3 Å². The highest BCUT2D eigenvalue weighted by Crippen LogP contribution is 2.21. The monoisotopic (exact) mass is 285 g/mol. The molecule has 6 nitrogen and oxygen atoms in total. The van der Waals surface area contributed by atoms with Gasteiger partial charge in [0.05, 0.1) is 30.0 Å². The van der Waals surface area contributed by atoms with E-state index in [0.29, 0.717) is 22.1 Å². The Kier molecular flexibility index (Phi) is 5.28. The third-order valence-corrected chi connectivity index (χ3v) is 3.38. The molecule has 0 saturated carbocycles. The third kappa shape index (κ3) is 3.65. The third-order valence-electron chi connectivity index (χ3n) is 2.70. The lowest BCUT2D eigenvalue weighted by Crippen LogP contribution is -2.52. The van der Waals surface area contributed by atoms with Gasteiger partial charge in [-0.25, -0.2) is 9.97 Å². The summed E-state index contributed by atoms with van der Waals surface area (Å²) in [7, 11) is 0. The first-order chi connectivity index (χ1) is 8.86. The predicted octanol–water partition coefficient (Wildman–Crippen LogP) is 0.288. The second-order valence-electron chi connectivity index (χ2n) is 4.57. The second-order valence-corrected chi connectivity index (χ2v) is 5.37. The summed E-state index contributed by atoms with van der Waals surface area (Å²) in [4.78, 5) is 20.7. The predicted molar refractivity (Wildman–Crippen MR) is 73.3 cm³/mol. The summed E-state index contributed by atoms with van der Waals surface area (Å²) >= 11 is 1.36. The van der Waals surface area contributed by atoms with E-state index in [0.717, 1.165) is 0 Å². The highest BCUT2D eigenvalue weighted by molar-refractivity contribution is 7.98. The summed E-state index contributed by atoms with van der Waals surface area (Å²) in [5, 5.41) is 21.6. The summed E-state index contributed by atoms with van der Waals surface area (Å²) in [6.45, 7) is 4.36. The molecule has 0 saturated heterocycles. The number of nitrogens with zero attached hydrogens (tertiary/aromatic N) is 2. The number of aliphatic hydroxyl groups is 2. The van der Waals surface area contributed by atoms with Crippen LogP contribution in [0.1, 0.15) is 28.8 Å². The Labute approximate surface area is 116 Å². The lowest BCUT2D eigenvalue weighted by atomic mass is 10.0. The summed E-state index contributed by atoms with van der Waals surface area (Å²) in [6.07, 6.45) is 1.83. The second kappa shape index (κ2) is 6.31. The van der Waals surface area contributed by atoms with Crippen LogP contribution in [0.25, 0.3) is 0 Å². The van der Waals surface area contributed by atoms with Crippen molar-refractivity contribution in [3.63, 3.8) is 0 Å². The summed E-state index contributed by atoms with van der Waals surface area (Å²) < 4.78 is 0. The van der Waals surface area contributed by atoms with Gasteiger partial charge in [-0.15, -0.1) is 11.8 Å². The van der Waals surface area contributed by atoms with Gasteiger partial charge in [-0.2, -0.15) is 0 Å². The molecule has 3 N–H and O–H groups in total. The normalized spacial score (nSPS) is 11.5. The van der Waals surface area contributed by atoms with Crippen LogP contribution in [0.4, 0.5) is 0 Å². The summed E-state index contributed by atoms with van der Waals surface area (Å²) in [5.74, 6) is 0.206. The highest BCUT2D eigenvalue weighted by atomic mass is 32.2. The number of carbonyl (C=O) groups excluding carboxylic acids is 1. The Morgan fingerprint density at radius 2 is 1.89 bits per heavy atom. The SMILES string of the molecule is CSc1nc(C)nc(C)c1C(=O)NC(C)(CO)CO. The van der Waals surface area contributed by atoms with Crippen molar-refractivity contribution in [2.45, 2.75) is 31.3 Å². The molecule has 0 aromatic carbocycles. The van der Waals surface area contributed by atoms with E-state index in [2.05, 4.69) is 15.3 Å². The fourth-order valence-electron chi connectivity index (χ4n) is 1.56. The Hall–Kier alpha value is -1.18. The average Bonchev–Trinajstić information content (AvgIpc) is 2.37. The van der Waals surface area contributed by atoms with Crippen molar-refractivity contribution in [1.82, 2.24) is 15.3 Å². The molecule has 0 atom stereocenters. The fraction of sp³-hybridized carbons (Fsp3) is 0.583. The number of nitrogens with one attached hydrogen (secondary N) is 1. The Morgan fingerprint density at radius 1 is 1.32 bits per heavy atom. The minimum Gasteiger partial charge on any atom is -0.394 e. The zero-order valence-electron chi connectivity index (χ0n) is 11.5. The van der Waals surface area contributed by atoms with Gasteiger partial charge in [-0.05, 0) is 27.0 Å². The minimum atomic E-state index is -1.07. The van der Waals surface area contributed by atoms with Crippen LogP contribution in [-0.4, -0.2) is 51.1 Å². The van der Waals surface area contributed by atoms with Gasteiger partial charge in [0.1, 0.15) is 10.9 Å². The maximum atomic E-state index is 12.3. The van der Waals surface area contributed by atoms with Gasteiger partial charge in [0.2, 0.25) is 0 Å². The van der Waals surface area contributed by atoms with E-state index >= 15 is 0 Å². The zero-order chi connectivity index (χ0) is 14.6. The number of rotatable bonds is 5. The quantitative estimate of drug-likeness (QED) is 0.531. The van der Waals surface area contributed by atoms with Crippen LogP contribution in [0, 0.1) is 13.8 Å². The number of aromatic nitrogens is 2. The van der Waals surface area contributed by atoms with Crippen molar-refractivity contribution in [3.05, 3.63) is 17.1 Å². The molecule has 1 rings (SSSR count). The minimum absolute atomic E-state index is 0.352. The highest BCUT2D eigenvalue weighted by Gasteiger charge is 2.27. The Morgan fingerprint density at radius 3 is 2.37 bits per heavy atom. The van der Waals surface area contributed by atoms with Crippen LogP contribution in [0.2, 0.25) is 0 Å². The number of thioether (sulfide) groups is 1. The van der Waals surface area contributed by atoms with Crippen molar-refractivity contribution < 1.29 is 15.0 Å². The standard InChI is InChI=1S/C12H19N3O3S/c1-7-9(11(19-4)14-8(2)13-7)10(18)15-12(3,5-16)6-17/h16-17H,5-6H2,1-4H3,(H,15,18). The van der Waals surface area contributed by atoms with Crippen molar-refractivity contribution >= 4 is 17.7 Å². The van der Waals surface area contributed by atoms with Crippen molar-refractivity contribution in [2.24, 2.45) is 0 Å². The molecule has 0 radical (unpaired) electrons. The zero-order valence-corrected chi connectivity index (χ0v) is 12.3. The van der Waals surface area contributed by atoms with Crippen molar-refractivity contribution in [1.29, 1.82) is 0 Å². The number of hydrogen-bond acceptors (Lipinski definition) is 6. The lowest BCUT2D eigenvalue weighted by molar-refractivity contribution is 0.0719. The molecule has 1 aromatic rings. The first kappa shape index (κ1) is 15.9. The van der Waals surface area contributed by atoms with Gasteiger partial charge in [0.15, 0.2) is 0 Å². The fourth-order valence-corrected chi connectivity index (χ4v) is 2.22. The Balaban J connectivity index is 3.13. The molecule has 7 heteroatoms. The molecule has 0 unspecified atom stereocenters. The van der Waals surface area contributed by atoms with Crippen LogP contribution in [-0.2, 0) is 0 Å². The molecule has 0 fully saturated rings. The molecular weight excluding hydrogens is 266 g/mol. The van der Waals surface area contributed by atoms with Gasteiger partial charge in [0.25, 0.3) is 5.91 Å². The molecular formula is C12H19N3O3S. The van der Waals surface area contributed by atoms with Crippen LogP contribution in [0.3, 0.4) is 0 Å². The molecule has 106 valence electrons. The molecule has 1 amide bonds. The van der Waals surface area contributed by atoms with E-state index in [4.69, 9.17) is 0 Å². The van der Waals surface area contributed by atoms with Crippen LogP contribution < -0.4 is 5.32 Å². The summed E-state index contributed by atoms with van der Waals surface area (Å²) in [6, 6.07) is 0. The molecule has 0 bridgehead atoms. The molecule has 1 heterocycles. The molecule has 1 aromatic heterocycles. The van der Waals surface area contributed by atoms with E-state index < -0.39 is 11.4 Å². The van der Waals surface area contributed by atoms with Gasteiger partial charge >= 0.3 is 0 Å². The van der Waals surface area contributed by atoms with Crippen molar-refractivity contribution in [2.75, 3.05) is 19.5 Å². The van der Waals surface area contributed by atoms with Crippen LogP contribution in [0.15, 0.2) is 5.03 Å². The molecule has 19 heavy (non-hydrogen) atoms. The molecule has 0 aliphatic carbocycles. The average molecular weight is 285 g/mol. The van der Waals surface area contributed by atoms with E-state index in [9.17, 15) is 15.0 Å². The van der Waals surface area contributed by atoms with Gasteiger partial charge in [-0.3, -0.25) is 4.79 Å². The first-order valence-corrected chi connectivity index (χ1v) is 7.03. The maximum Gasteiger partial charge on any atom is 0.256 e. The number of aryl methyl sites for hydroxylation is 2. The maximum absolute atomic E-state index is 12.3. The number of amides is 1. The van der Waals surface area contributed by atoms with E-state index in [1.54, 1.807) is 20.8 Å². The lowest BCUT2D eigenvalue weighted by Gasteiger charge is -2.26. The van der Waals surface area contributed by atoms with Gasteiger partial charge < -0.3 is 15.5 Å².